The van der Waals surface area contributed by atoms with Crippen molar-refractivity contribution in [2.24, 2.45) is 0 Å². The Kier molecular flexibility index (Phi) is 16.8. The van der Waals surface area contributed by atoms with Crippen LogP contribution in [-0.4, -0.2) is 21.9 Å². The Balaban J connectivity index is 4.07. The SMILES string of the molecule is CCC(Br)CCCC(CC)O[P+](=O)OC(CC)CCCC(Br)CC. The van der Waals surface area contributed by atoms with Crippen molar-refractivity contribution in [3.05, 3.63) is 0 Å². The molecule has 0 aromatic rings. The second-order valence-corrected chi connectivity index (χ2v) is 9.83. The molecule has 0 aliphatic carbocycles. The van der Waals surface area contributed by atoms with Crippen LogP contribution in [0.4, 0.5) is 0 Å². The molecule has 0 radical (unpaired) electrons. The maximum Gasteiger partial charge on any atom is 0.697 e. The van der Waals surface area contributed by atoms with Crippen LogP contribution in [0.25, 0.3) is 0 Å². The minimum atomic E-state index is -2.02. The minimum absolute atomic E-state index is 0.0367. The first-order valence-corrected chi connectivity index (χ1v) is 12.5. The van der Waals surface area contributed by atoms with Crippen LogP contribution < -0.4 is 0 Å². The molecule has 3 nitrogen and oxygen atoms in total. The molecular weight excluding hydrogens is 455 g/mol. The Hall–Kier alpha value is 0.980. The molecule has 0 saturated carbocycles. The molecule has 0 rings (SSSR count). The Labute approximate surface area is 167 Å². The largest absolute Gasteiger partial charge is 0.697 e. The van der Waals surface area contributed by atoms with Crippen molar-refractivity contribution in [3.63, 3.8) is 0 Å². The lowest BCUT2D eigenvalue weighted by Gasteiger charge is -2.12. The van der Waals surface area contributed by atoms with Crippen LogP contribution in [0, 0.1) is 0 Å². The van der Waals surface area contributed by atoms with E-state index >= 15 is 0 Å². The smallest absolute Gasteiger partial charge is 0.116 e. The fourth-order valence-corrected chi connectivity index (χ4v) is 4.17. The first kappa shape index (κ1) is 25.0. The molecular formula is C18H36Br2O3P+. The Morgan fingerprint density at radius 1 is 0.708 bits per heavy atom. The summed E-state index contributed by atoms with van der Waals surface area (Å²) in [5.74, 6) is 0. The predicted molar refractivity (Wildman–Crippen MR) is 112 cm³/mol. The lowest BCUT2D eigenvalue weighted by Crippen LogP contribution is -2.13. The molecule has 144 valence electrons. The summed E-state index contributed by atoms with van der Waals surface area (Å²) < 4.78 is 23.5. The van der Waals surface area contributed by atoms with Crippen molar-refractivity contribution in [1.29, 1.82) is 0 Å². The molecule has 0 aromatic carbocycles. The van der Waals surface area contributed by atoms with Crippen LogP contribution >= 0.6 is 40.1 Å². The Morgan fingerprint density at radius 3 is 1.38 bits per heavy atom. The van der Waals surface area contributed by atoms with E-state index in [2.05, 4.69) is 59.6 Å². The Bertz CT molecular complexity index is 291. The fraction of sp³-hybridized carbons (Fsp3) is 1.00. The van der Waals surface area contributed by atoms with Crippen LogP contribution in [0.5, 0.6) is 0 Å². The first-order chi connectivity index (χ1) is 11.5. The zero-order valence-electron chi connectivity index (χ0n) is 15.8. The van der Waals surface area contributed by atoms with Gasteiger partial charge in [0.05, 0.1) is 0 Å². The van der Waals surface area contributed by atoms with E-state index in [1.54, 1.807) is 0 Å². The highest BCUT2D eigenvalue weighted by Crippen LogP contribution is 2.33. The number of halogens is 2. The minimum Gasteiger partial charge on any atom is -0.116 e. The normalized spacial score (nSPS) is 17.3. The fourth-order valence-electron chi connectivity index (χ4n) is 2.47. The molecule has 0 aromatic heterocycles. The second-order valence-electron chi connectivity index (χ2n) is 6.37. The Morgan fingerprint density at radius 2 is 1.08 bits per heavy atom. The van der Waals surface area contributed by atoms with E-state index in [9.17, 15) is 4.57 Å². The summed E-state index contributed by atoms with van der Waals surface area (Å²) in [6.45, 7) is 8.53. The third kappa shape index (κ3) is 13.2. The van der Waals surface area contributed by atoms with Crippen molar-refractivity contribution in [2.45, 2.75) is 114 Å². The zero-order valence-corrected chi connectivity index (χ0v) is 19.9. The van der Waals surface area contributed by atoms with E-state index < -0.39 is 8.25 Å². The quantitative estimate of drug-likeness (QED) is 0.163. The van der Waals surface area contributed by atoms with Gasteiger partial charge in [0.25, 0.3) is 0 Å². The van der Waals surface area contributed by atoms with E-state index in [1.165, 1.54) is 0 Å². The van der Waals surface area contributed by atoms with Gasteiger partial charge in [-0.15, -0.1) is 9.05 Å². The molecule has 0 amide bonds. The predicted octanol–water partition coefficient (Wildman–Crippen LogP) is 7.92. The molecule has 6 heteroatoms. The molecule has 24 heavy (non-hydrogen) atoms. The summed E-state index contributed by atoms with van der Waals surface area (Å²) in [7, 11) is -2.02. The maximum absolute atomic E-state index is 12.2. The first-order valence-electron chi connectivity index (χ1n) is 9.55. The summed E-state index contributed by atoms with van der Waals surface area (Å²) in [5, 5.41) is 0. The van der Waals surface area contributed by atoms with E-state index in [-0.39, 0.29) is 12.2 Å². The van der Waals surface area contributed by atoms with Gasteiger partial charge >= 0.3 is 8.25 Å². The average Bonchev–Trinajstić information content (AvgIpc) is 2.59. The van der Waals surface area contributed by atoms with Crippen molar-refractivity contribution < 1.29 is 13.6 Å². The monoisotopic (exact) mass is 489 g/mol. The molecule has 0 spiro atoms. The van der Waals surface area contributed by atoms with Crippen molar-refractivity contribution in [3.8, 4) is 0 Å². The van der Waals surface area contributed by atoms with E-state index in [0.29, 0.717) is 9.65 Å². The van der Waals surface area contributed by atoms with Crippen LogP contribution in [0.2, 0.25) is 0 Å². The molecule has 0 bridgehead atoms. The molecule has 0 aliphatic heterocycles. The second kappa shape index (κ2) is 16.2. The van der Waals surface area contributed by atoms with Crippen molar-refractivity contribution in [1.82, 2.24) is 0 Å². The molecule has 0 N–H and O–H groups in total. The van der Waals surface area contributed by atoms with Crippen LogP contribution in [0.1, 0.15) is 91.9 Å². The zero-order chi connectivity index (χ0) is 18.4. The van der Waals surface area contributed by atoms with Crippen molar-refractivity contribution >= 4 is 40.1 Å². The van der Waals surface area contributed by atoms with Gasteiger partial charge in [0.2, 0.25) is 0 Å². The molecule has 0 heterocycles. The van der Waals surface area contributed by atoms with Gasteiger partial charge in [-0.05, 0) is 64.2 Å². The summed E-state index contributed by atoms with van der Waals surface area (Å²) in [6, 6.07) is 0. The van der Waals surface area contributed by atoms with Gasteiger partial charge in [-0.2, -0.15) is 0 Å². The highest BCUT2D eigenvalue weighted by molar-refractivity contribution is 9.09. The molecule has 4 atom stereocenters. The summed E-state index contributed by atoms with van der Waals surface area (Å²) >= 11 is 7.31. The highest BCUT2D eigenvalue weighted by atomic mass is 79.9. The highest BCUT2D eigenvalue weighted by Gasteiger charge is 2.30. The molecule has 0 aliphatic rings. The van der Waals surface area contributed by atoms with Crippen LogP contribution in [-0.2, 0) is 13.6 Å². The van der Waals surface area contributed by atoms with Crippen LogP contribution in [0.3, 0.4) is 0 Å². The summed E-state index contributed by atoms with van der Waals surface area (Å²) in [4.78, 5) is 1.15. The third-order valence-electron chi connectivity index (χ3n) is 4.35. The summed E-state index contributed by atoms with van der Waals surface area (Å²) in [6.07, 6.45) is 10.4. The van der Waals surface area contributed by atoms with Gasteiger partial charge in [0, 0.05) is 14.2 Å². The van der Waals surface area contributed by atoms with Gasteiger partial charge in [0.15, 0.2) is 0 Å². The number of rotatable bonds is 16. The topological polar surface area (TPSA) is 35.5 Å². The summed E-state index contributed by atoms with van der Waals surface area (Å²) in [5.41, 5.74) is 0. The lowest BCUT2D eigenvalue weighted by molar-refractivity contribution is 0.114. The standard InChI is InChI=1S/C18H36Br2O3P/c1-5-15(19)11-9-13-17(7-3)22-24(21)23-18(8-4)14-10-12-16(20)6-2/h15-18H,5-14H2,1-4H3/q+1. The molecule has 0 saturated heterocycles. The van der Waals surface area contributed by atoms with Crippen LogP contribution in [0.15, 0.2) is 0 Å². The number of hydrogen-bond acceptors (Lipinski definition) is 3. The van der Waals surface area contributed by atoms with Gasteiger partial charge in [0.1, 0.15) is 12.2 Å². The maximum atomic E-state index is 12.2. The van der Waals surface area contributed by atoms with Gasteiger partial charge in [-0.3, -0.25) is 0 Å². The number of hydrogen-bond donors (Lipinski definition) is 0. The van der Waals surface area contributed by atoms with Gasteiger partial charge < -0.3 is 0 Å². The van der Waals surface area contributed by atoms with Crippen molar-refractivity contribution in [2.75, 3.05) is 0 Å². The van der Waals surface area contributed by atoms with E-state index in [1.807, 2.05) is 0 Å². The number of alkyl halides is 2. The van der Waals surface area contributed by atoms with Gasteiger partial charge in [-0.25, -0.2) is 0 Å². The third-order valence-corrected chi connectivity index (χ3v) is 7.51. The van der Waals surface area contributed by atoms with E-state index in [4.69, 9.17) is 9.05 Å². The lowest BCUT2D eigenvalue weighted by atomic mass is 10.1. The molecule has 4 unspecified atom stereocenters. The van der Waals surface area contributed by atoms with Gasteiger partial charge in [-0.1, -0.05) is 59.6 Å². The average molecular weight is 491 g/mol. The molecule has 0 fully saturated rings. The van der Waals surface area contributed by atoms with E-state index in [0.717, 1.165) is 64.2 Å².